The van der Waals surface area contributed by atoms with E-state index in [1.807, 2.05) is 0 Å². The number of carbonyl (C=O) groups is 1. The van der Waals surface area contributed by atoms with Gasteiger partial charge in [-0.1, -0.05) is 12.1 Å². The predicted octanol–water partition coefficient (Wildman–Crippen LogP) is 1.97. The van der Waals surface area contributed by atoms with E-state index in [1.54, 1.807) is 19.1 Å². The van der Waals surface area contributed by atoms with E-state index in [2.05, 4.69) is 9.97 Å². The van der Waals surface area contributed by atoms with Gasteiger partial charge in [-0.05, 0) is 12.5 Å². The van der Waals surface area contributed by atoms with Crippen LogP contribution in [0.3, 0.4) is 0 Å². The summed E-state index contributed by atoms with van der Waals surface area (Å²) in [5, 5.41) is 20.0. The summed E-state index contributed by atoms with van der Waals surface area (Å²) in [6, 6.07) is 4.54. The molecule has 0 aliphatic rings. The molecule has 0 amide bonds. The SMILES string of the molecule is Cc1cccc([N+](=O)[O-])c1OCc1ncncc1C(=O)O. The minimum Gasteiger partial charge on any atom is -0.480 e. The van der Waals surface area contributed by atoms with E-state index in [-0.39, 0.29) is 29.3 Å². The molecule has 0 radical (unpaired) electrons. The zero-order chi connectivity index (χ0) is 15.4. The summed E-state index contributed by atoms with van der Waals surface area (Å²) in [6.45, 7) is 1.47. The molecular formula is C13H11N3O5. The highest BCUT2D eigenvalue weighted by atomic mass is 16.6. The zero-order valence-electron chi connectivity index (χ0n) is 11.0. The second kappa shape index (κ2) is 5.95. The lowest BCUT2D eigenvalue weighted by molar-refractivity contribution is -0.386. The molecule has 0 bridgehead atoms. The molecule has 2 rings (SSSR count). The van der Waals surface area contributed by atoms with Crippen LogP contribution in [0.25, 0.3) is 0 Å². The van der Waals surface area contributed by atoms with Crippen LogP contribution in [0.2, 0.25) is 0 Å². The molecule has 8 heteroatoms. The Balaban J connectivity index is 2.29. The number of hydrogen-bond acceptors (Lipinski definition) is 6. The lowest BCUT2D eigenvalue weighted by atomic mass is 10.2. The van der Waals surface area contributed by atoms with E-state index >= 15 is 0 Å². The summed E-state index contributed by atoms with van der Waals surface area (Å²) in [4.78, 5) is 28.9. The highest BCUT2D eigenvalue weighted by Gasteiger charge is 2.19. The van der Waals surface area contributed by atoms with Crippen molar-refractivity contribution >= 4 is 11.7 Å². The van der Waals surface area contributed by atoms with Crippen LogP contribution in [-0.2, 0) is 6.61 Å². The smallest absolute Gasteiger partial charge is 0.339 e. The van der Waals surface area contributed by atoms with E-state index in [9.17, 15) is 14.9 Å². The number of carboxylic acid groups (broad SMARTS) is 1. The van der Waals surface area contributed by atoms with Gasteiger partial charge in [0.25, 0.3) is 0 Å². The fraction of sp³-hybridized carbons (Fsp3) is 0.154. The summed E-state index contributed by atoms with van der Waals surface area (Å²) >= 11 is 0. The number of para-hydroxylation sites is 1. The Morgan fingerprint density at radius 3 is 2.90 bits per heavy atom. The summed E-state index contributed by atoms with van der Waals surface area (Å²) in [5.74, 6) is -1.09. The third-order valence-corrected chi connectivity index (χ3v) is 2.77. The summed E-state index contributed by atoms with van der Waals surface area (Å²) in [7, 11) is 0. The van der Waals surface area contributed by atoms with Crippen LogP contribution in [0.1, 0.15) is 21.6 Å². The first-order valence-corrected chi connectivity index (χ1v) is 5.89. The largest absolute Gasteiger partial charge is 0.480 e. The molecule has 0 atom stereocenters. The summed E-state index contributed by atoms with van der Waals surface area (Å²) < 4.78 is 5.41. The fourth-order valence-corrected chi connectivity index (χ4v) is 1.76. The van der Waals surface area contributed by atoms with Gasteiger partial charge in [0.2, 0.25) is 0 Å². The Morgan fingerprint density at radius 2 is 2.24 bits per heavy atom. The topological polar surface area (TPSA) is 115 Å². The van der Waals surface area contributed by atoms with E-state index in [0.717, 1.165) is 6.20 Å². The first-order valence-electron chi connectivity index (χ1n) is 5.89. The molecule has 2 aromatic rings. The van der Waals surface area contributed by atoms with Crippen molar-refractivity contribution in [3.8, 4) is 5.75 Å². The molecule has 0 aliphatic heterocycles. The quantitative estimate of drug-likeness (QED) is 0.660. The van der Waals surface area contributed by atoms with Gasteiger partial charge in [-0.25, -0.2) is 14.8 Å². The average molecular weight is 289 g/mol. The normalized spacial score (nSPS) is 10.1. The van der Waals surface area contributed by atoms with Crippen molar-refractivity contribution in [2.24, 2.45) is 0 Å². The van der Waals surface area contributed by atoms with Crippen molar-refractivity contribution in [2.45, 2.75) is 13.5 Å². The van der Waals surface area contributed by atoms with Gasteiger partial charge in [0.15, 0.2) is 5.75 Å². The highest BCUT2D eigenvalue weighted by molar-refractivity contribution is 5.88. The molecule has 0 saturated heterocycles. The van der Waals surface area contributed by atoms with Gasteiger partial charge in [-0.15, -0.1) is 0 Å². The molecule has 0 unspecified atom stereocenters. The number of aryl methyl sites for hydroxylation is 1. The van der Waals surface area contributed by atoms with Gasteiger partial charge in [0.1, 0.15) is 18.5 Å². The van der Waals surface area contributed by atoms with Crippen molar-refractivity contribution in [3.05, 3.63) is 57.7 Å². The number of aromatic carboxylic acids is 1. The van der Waals surface area contributed by atoms with Crippen LogP contribution in [0.5, 0.6) is 5.75 Å². The number of benzene rings is 1. The maximum absolute atomic E-state index is 11.0. The Labute approximate surface area is 119 Å². The third kappa shape index (κ3) is 3.11. The number of carboxylic acids is 1. The Bertz CT molecular complexity index is 702. The van der Waals surface area contributed by atoms with E-state index < -0.39 is 10.9 Å². The first-order chi connectivity index (χ1) is 10.0. The third-order valence-electron chi connectivity index (χ3n) is 2.77. The molecule has 1 aromatic heterocycles. The molecule has 0 aliphatic carbocycles. The molecule has 1 heterocycles. The number of aromatic nitrogens is 2. The van der Waals surface area contributed by atoms with Crippen LogP contribution in [0.4, 0.5) is 5.69 Å². The molecule has 0 spiro atoms. The lowest BCUT2D eigenvalue weighted by Gasteiger charge is -2.10. The minimum atomic E-state index is -1.19. The zero-order valence-corrected chi connectivity index (χ0v) is 11.0. The number of rotatable bonds is 5. The van der Waals surface area contributed by atoms with Crippen LogP contribution >= 0.6 is 0 Å². The number of nitrogens with zero attached hydrogens (tertiary/aromatic N) is 3. The molecule has 21 heavy (non-hydrogen) atoms. The standard InChI is InChI=1S/C13H11N3O5/c1-8-3-2-4-11(16(19)20)12(8)21-6-10-9(13(17)18)5-14-7-15-10/h2-5,7H,6H2,1H3,(H,17,18). The second-order valence-electron chi connectivity index (χ2n) is 4.16. The predicted molar refractivity (Wildman–Crippen MR) is 71.2 cm³/mol. The van der Waals surface area contributed by atoms with Crippen molar-refractivity contribution in [2.75, 3.05) is 0 Å². The van der Waals surface area contributed by atoms with Crippen LogP contribution in [-0.4, -0.2) is 26.0 Å². The van der Waals surface area contributed by atoms with E-state index in [0.29, 0.717) is 5.56 Å². The van der Waals surface area contributed by atoms with Gasteiger partial charge < -0.3 is 9.84 Å². The monoisotopic (exact) mass is 289 g/mol. The number of nitro groups is 1. The molecule has 1 aromatic carbocycles. The highest BCUT2D eigenvalue weighted by Crippen LogP contribution is 2.30. The van der Waals surface area contributed by atoms with Gasteiger partial charge in [0.05, 0.1) is 10.6 Å². The average Bonchev–Trinajstić information content (AvgIpc) is 2.45. The Morgan fingerprint density at radius 1 is 1.48 bits per heavy atom. The Hall–Kier alpha value is -3.03. The minimum absolute atomic E-state index is 0.0949. The van der Waals surface area contributed by atoms with Crippen molar-refractivity contribution in [1.29, 1.82) is 0 Å². The van der Waals surface area contributed by atoms with Gasteiger partial charge in [-0.3, -0.25) is 10.1 Å². The Kier molecular flexibility index (Phi) is 4.07. The molecule has 0 fully saturated rings. The molecule has 1 N–H and O–H groups in total. The van der Waals surface area contributed by atoms with E-state index in [1.165, 1.54) is 12.4 Å². The van der Waals surface area contributed by atoms with Gasteiger partial charge in [0, 0.05) is 12.3 Å². The van der Waals surface area contributed by atoms with Crippen LogP contribution in [0.15, 0.2) is 30.7 Å². The number of hydrogen-bond donors (Lipinski definition) is 1. The number of ether oxygens (including phenoxy) is 1. The maximum atomic E-state index is 11.0. The van der Waals surface area contributed by atoms with Crippen LogP contribution < -0.4 is 4.74 Å². The van der Waals surface area contributed by atoms with Gasteiger partial charge >= 0.3 is 11.7 Å². The molecule has 0 saturated carbocycles. The number of nitro benzene ring substituents is 1. The van der Waals surface area contributed by atoms with E-state index in [4.69, 9.17) is 9.84 Å². The van der Waals surface area contributed by atoms with Crippen molar-refractivity contribution < 1.29 is 19.6 Å². The summed E-state index contributed by atoms with van der Waals surface area (Å²) in [6.07, 6.45) is 2.34. The van der Waals surface area contributed by atoms with Crippen LogP contribution in [0, 0.1) is 17.0 Å². The van der Waals surface area contributed by atoms with Crippen molar-refractivity contribution in [1.82, 2.24) is 9.97 Å². The molecular weight excluding hydrogens is 278 g/mol. The molecule has 108 valence electrons. The lowest BCUT2D eigenvalue weighted by Crippen LogP contribution is -2.09. The second-order valence-corrected chi connectivity index (χ2v) is 4.16. The van der Waals surface area contributed by atoms with Gasteiger partial charge in [-0.2, -0.15) is 0 Å². The first kappa shape index (κ1) is 14.4. The summed E-state index contributed by atoms with van der Waals surface area (Å²) in [5.41, 5.74) is 0.444. The fourth-order valence-electron chi connectivity index (χ4n) is 1.76. The molecule has 8 nitrogen and oxygen atoms in total. The van der Waals surface area contributed by atoms with Crippen molar-refractivity contribution in [3.63, 3.8) is 0 Å². The maximum Gasteiger partial charge on any atom is 0.339 e.